The Labute approximate surface area is 205 Å². The van der Waals surface area contributed by atoms with Gasteiger partial charge in [0.05, 0.1) is 22.6 Å². The minimum absolute atomic E-state index is 0.156. The van der Waals surface area contributed by atoms with Crippen LogP contribution in [0.25, 0.3) is 32.8 Å². The third-order valence-corrected chi connectivity index (χ3v) is 6.70. The number of aromatic nitrogens is 2. The second kappa shape index (κ2) is 10.1. The van der Waals surface area contributed by atoms with E-state index in [1.54, 1.807) is 0 Å². The van der Waals surface area contributed by atoms with Crippen LogP contribution in [-0.2, 0) is 4.79 Å². The van der Waals surface area contributed by atoms with E-state index in [0.29, 0.717) is 22.7 Å². The van der Waals surface area contributed by atoms with E-state index >= 15 is 0 Å². The van der Waals surface area contributed by atoms with Gasteiger partial charge >= 0.3 is 0 Å². The maximum absolute atomic E-state index is 12.6. The van der Waals surface area contributed by atoms with E-state index in [4.69, 9.17) is 9.15 Å². The summed E-state index contributed by atoms with van der Waals surface area (Å²) in [7, 11) is 0. The van der Waals surface area contributed by atoms with E-state index in [1.165, 1.54) is 23.1 Å². The van der Waals surface area contributed by atoms with Crippen LogP contribution in [0.2, 0.25) is 0 Å². The first-order valence-corrected chi connectivity index (χ1v) is 12.6. The number of oxazole rings is 1. The Balaban J connectivity index is 1.30. The van der Waals surface area contributed by atoms with Crippen LogP contribution in [-0.4, -0.2) is 28.2 Å². The molecule has 0 spiro atoms. The van der Waals surface area contributed by atoms with Crippen LogP contribution < -0.4 is 10.1 Å². The van der Waals surface area contributed by atoms with Crippen LogP contribution in [0.5, 0.6) is 5.75 Å². The van der Waals surface area contributed by atoms with Crippen molar-refractivity contribution in [2.45, 2.75) is 12.1 Å². The molecule has 0 bridgehead atoms. The number of carbonyl (C=O) groups is 1. The standard InChI is InChI=1S/C26H21N3O3S2/c1-2-31-19-13-14-20-21(15-19)34-25(27-20)28-22(30)16-33-26-29-23(17-9-5-3-6-10-17)24(32-26)18-11-7-4-8-12-18/h3-15H,2,16H2,1H3,(H,27,28,30). The molecule has 34 heavy (non-hydrogen) atoms. The number of hydrogen-bond donors (Lipinski definition) is 1. The molecule has 5 aromatic rings. The average Bonchev–Trinajstić information content (AvgIpc) is 3.47. The molecule has 0 unspecified atom stereocenters. The Morgan fingerprint density at radius 3 is 2.47 bits per heavy atom. The molecule has 3 aromatic carbocycles. The summed E-state index contributed by atoms with van der Waals surface area (Å²) < 4.78 is 12.6. The van der Waals surface area contributed by atoms with Crippen molar-refractivity contribution in [3.05, 3.63) is 78.9 Å². The molecule has 0 saturated carbocycles. The van der Waals surface area contributed by atoms with Crippen molar-refractivity contribution in [1.29, 1.82) is 0 Å². The molecule has 1 N–H and O–H groups in total. The quantitative estimate of drug-likeness (QED) is 0.244. The van der Waals surface area contributed by atoms with Crippen LogP contribution in [0.1, 0.15) is 6.92 Å². The number of rotatable bonds is 8. The molecule has 6 nitrogen and oxygen atoms in total. The zero-order chi connectivity index (χ0) is 23.3. The van der Waals surface area contributed by atoms with Gasteiger partial charge in [-0.3, -0.25) is 4.79 Å². The number of carbonyl (C=O) groups excluding carboxylic acids is 1. The van der Waals surface area contributed by atoms with Crippen molar-refractivity contribution >= 4 is 44.4 Å². The summed E-state index contributed by atoms with van der Waals surface area (Å²) in [6.07, 6.45) is 0. The lowest BCUT2D eigenvalue weighted by Gasteiger charge is -2.00. The first-order valence-electron chi connectivity index (χ1n) is 10.8. The summed E-state index contributed by atoms with van der Waals surface area (Å²) in [5.74, 6) is 1.46. The summed E-state index contributed by atoms with van der Waals surface area (Å²) >= 11 is 2.67. The van der Waals surface area contributed by atoms with Gasteiger partial charge in [0.2, 0.25) is 5.91 Å². The van der Waals surface area contributed by atoms with E-state index in [0.717, 1.165) is 32.8 Å². The van der Waals surface area contributed by atoms with Gasteiger partial charge in [0, 0.05) is 11.1 Å². The Hall–Kier alpha value is -3.62. The monoisotopic (exact) mass is 487 g/mol. The van der Waals surface area contributed by atoms with Crippen molar-refractivity contribution in [3.63, 3.8) is 0 Å². The van der Waals surface area contributed by atoms with Crippen LogP contribution in [0.3, 0.4) is 0 Å². The van der Waals surface area contributed by atoms with E-state index in [2.05, 4.69) is 15.3 Å². The summed E-state index contributed by atoms with van der Waals surface area (Å²) in [5, 5.41) is 3.87. The number of amides is 1. The Morgan fingerprint density at radius 2 is 1.74 bits per heavy atom. The highest BCUT2D eigenvalue weighted by Gasteiger charge is 2.18. The third-order valence-electron chi connectivity index (χ3n) is 4.93. The van der Waals surface area contributed by atoms with Gasteiger partial charge in [-0.1, -0.05) is 83.8 Å². The number of thioether (sulfide) groups is 1. The largest absolute Gasteiger partial charge is 0.494 e. The number of nitrogens with zero attached hydrogens (tertiary/aromatic N) is 2. The molecule has 0 atom stereocenters. The smallest absolute Gasteiger partial charge is 0.257 e. The molecular formula is C26H21N3O3S2. The third kappa shape index (κ3) is 4.98. The molecular weight excluding hydrogens is 466 g/mol. The molecule has 0 saturated heterocycles. The van der Waals surface area contributed by atoms with Gasteiger partial charge in [-0.25, -0.2) is 9.97 Å². The summed E-state index contributed by atoms with van der Waals surface area (Å²) in [6.45, 7) is 2.55. The van der Waals surface area contributed by atoms with Crippen molar-refractivity contribution in [1.82, 2.24) is 9.97 Å². The molecule has 2 heterocycles. The number of hydrogen-bond acceptors (Lipinski definition) is 7. The molecule has 2 aromatic heterocycles. The van der Waals surface area contributed by atoms with Gasteiger partial charge in [0.1, 0.15) is 11.4 Å². The minimum Gasteiger partial charge on any atom is -0.494 e. The predicted octanol–water partition coefficient (Wildman–Crippen LogP) is 6.75. The molecule has 0 aliphatic carbocycles. The van der Waals surface area contributed by atoms with Crippen molar-refractivity contribution in [3.8, 4) is 28.3 Å². The number of thiazole rings is 1. The molecule has 5 rings (SSSR count). The van der Waals surface area contributed by atoms with Gasteiger partial charge in [0.25, 0.3) is 5.22 Å². The topological polar surface area (TPSA) is 77.2 Å². The van der Waals surface area contributed by atoms with Gasteiger partial charge in [0.15, 0.2) is 10.9 Å². The van der Waals surface area contributed by atoms with Crippen molar-refractivity contribution < 1.29 is 13.9 Å². The Kier molecular flexibility index (Phi) is 6.60. The fourth-order valence-corrected chi connectivity index (χ4v) is 4.97. The second-order valence-electron chi connectivity index (χ2n) is 7.31. The number of nitrogens with one attached hydrogen (secondary N) is 1. The summed E-state index contributed by atoms with van der Waals surface area (Å²) in [6, 6.07) is 25.4. The molecule has 170 valence electrons. The zero-order valence-electron chi connectivity index (χ0n) is 18.4. The van der Waals surface area contributed by atoms with E-state index in [9.17, 15) is 4.79 Å². The fourth-order valence-electron chi connectivity index (χ4n) is 3.44. The summed E-state index contributed by atoms with van der Waals surface area (Å²) in [4.78, 5) is 21.8. The lowest BCUT2D eigenvalue weighted by Crippen LogP contribution is -2.13. The summed E-state index contributed by atoms with van der Waals surface area (Å²) in [5.41, 5.74) is 3.48. The maximum atomic E-state index is 12.6. The highest BCUT2D eigenvalue weighted by atomic mass is 32.2. The number of anilines is 1. The molecule has 8 heteroatoms. The predicted molar refractivity (Wildman–Crippen MR) is 138 cm³/mol. The molecule has 0 aliphatic rings. The SMILES string of the molecule is CCOc1ccc2nc(NC(=O)CSc3nc(-c4ccccc4)c(-c4ccccc4)o3)sc2c1. The number of ether oxygens (including phenoxy) is 1. The zero-order valence-corrected chi connectivity index (χ0v) is 20.0. The highest BCUT2D eigenvalue weighted by Crippen LogP contribution is 2.35. The first kappa shape index (κ1) is 22.2. The van der Waals surface area contributed by atoms with Gasteiger partial charge in [-0.2, -0.15) is 0 Å². The Morgan fingerprint density at radius 1 is 1.00 bits per heavy atom. The molecule has 0 radical (unpaired) electrons. The van der Waals surface area contributed by atoms with E-state index in [-0.39, 0.29) is 11.7 Å². The van der Waals surface area contributed by atoms with Crippen LogP contribution in [0.15, 0.2) is 88.5 Å². The van der Waals surface area contributed by atoms with Crippen molar-refractivity contribution in [2.75, 3.05) is 17.7 Å². The lowest BCUT2D eigenvalue weighted by atomic mass is 10.1. The average molecular weight is 488 g/mol. The van der Waals surface area contributed by atoms with Gasteiger partial charge in [-0.05, 0) is 25.1 Å². The lowest BCUT2D eigenvalue weighted by molar-refractivity contribution is -0.113. The first-order chi connectivity index (χ1) is 16.7. The van der Waals surface area contributed by atoms with E-state index in [1.807, 2.05) is 85.8 Å². The second-order valence-corrected chi connectivity index (χ2v) is 9.27. The van der Waals surface area contributed by atoms with Gasteiger partial charge in [-0.15, -0.1) is 0 Å². The fraction of sp³-hybridized carbons (Fsp3) is 0.115. The number of fused-ring (bicyclic) bond motifs is 1. The number of benzene rings is 3. The Bertz CT molecular complexity index is 1360. The van der Waals surface area contributed by atoms with Gasteiger partial charge < -0.3 is 14.5 Å². The minimum atomic E-state index is -0.171. The normalized spacial score (nSPS) is 11.0. The van der Waals surface area contributed by atoms with E-state index < -0.39 is 0 Å². The maximum Gasteiger partial charge on any atom is 0.257 e. The molecule has 0 aliphatic heterocycles. The van der Waals surface area contributed by atoms with Crippen LogP contribution in [0, 0.1) is 0 Å². The van der Waals surface area contributed by atoms with Crippen LogP contribution in [0.4, 0.5) is 5.13 Å². The van der Waals surface area contributed by atoms with Crippen LogP contribution >= 0.6 is 23.1 Å². The molecule has 0 fully saturated rings. The highest BCUT2D eigenvalue weighted by molar-refractivity contribution is 7.99. The molecule has 1 amide bonds. The van der Waals surface area contributed by atoms with Crippen molar-refractivity contribution in [2.24, 2.45) is 0 Å².